The molecular formula is C16H18ClN3O3. The maximum atomic E-state index is 12.6. The number of aromatic nitrogens is 1. The van der Waals surface area contributed by atoms with Gasteiger partial charge in [-0.1, -0.05) is 16.8 Å². The molecule has 0 fully saturated rings. The summed E-state index contributed by atoms with van der Waals surface area (Å²) in [4.78, 5) is 26.2. The van der Waals surface area contributed by atoms with Gasteiger partial charge in [-0.2, -0.15) is 0 Å². The van der Waals surface area contributed by atoms with E-state index in [-0.39, 0.29) is 24.4 Å². The molecule has 2 aromatic rings. The quantitative estimate of drug-likeness (QED) is 0.910. The molecular weight excluding hydrogens is 318 g/mol. The Hall–Kier alpha value is -2.34. The molecule has 0 aliphatic rings. The average molecular weight is 336 g/mol. The number of hydrogen-bond donors (Lipinski definition) is 1. The third-order valence-corrected chi connectivity index (χ3v) is 3.44. The van der Waals surface area contributed by atoms with Crippen LogP contribution in [0.4, 0.5) is 5.82 Å². The smallest absolute Gasteiger partial charge is 0.254 e. The Morgan fingerprint density at radius 2 is 1.96 bits per heavy atom. The highest BCUT2D eigenvalue weighted by atomic mass is 35.5. The molecule has 23 heavy (non-hydrogen) atoms. The van der Waals surface area contributed by atoms with Gasteiger partial charge in [-0.3, -0.25) is 9.59 Å². The molecule has 0 saturated carbocycles. The minimum Gasteiger partial charge on any atom is -0.360 e. The fraction of sp³-hybridized carbons (Fsp3) is 0.312. The minimum absolute atomic E-state index is 0.0783. The van der Waals surface area contributed by atoms with E-state index in [0.29, 0.717) is 22.2 Å². The predicted octanol–water partition coefficient (Wildman–Crippen LogP) is 3.13. The van der Waals surface area contributed by atoms with Crippen molar-refractivity contribution >= 4 is 29.2 Å². The maximum Gasteiger partial charge on any atom is 0.254 e. The SMILES string of the molecule is Cc1cc(NC(=O)CN(C(=O)c2ccc(Cl)cc2)C(C)C)no1. The van der Waals surface area contributed by atoms with Gasteiger partial charge in [-0.15, -0.1) is 0 Å². The van der Waals surface area contributed by atoms with Gasteiger partial charge in [0.25, 0.3) is 5.91 Å². The summed E-state index contributed by atoms with van der Waals surface area (Å²) < 4.78 is 4.89. The monoisotopic (exact) mass is 335 g/mol. The fourth-order valence-electron chi connectivity index (χ4n) is 2.01. The number of nitrogens with one attached hydrogen (secondary N) is 1. The first-order chi connectivity index (χ1) is 10.9. The summed E-state index contributed by atoms with van der Waals surface area (Å²) in [6.07, 6.45) is 0. The summed E-state index contributed by atoms with van der Waals surface area (Å²) in [5.41, 5.74) is 0.480. The predicted molar refractivity (Wildman–Crippen MR) is 87.5 cm³/mol. The molecule has 0 aliphatic heterocycles. The number of carbonyl (C=O) groups excluding carboxylic acids is 2. The molecule has 0 atom stereocenters. The van der Waals surface area contributed by atoms with Crippen molar-refractivity contribution in [3.05, 3.63) is 46.7 Å². The van der Waals surface area contributed by atoms with Crippen LogP contribution in [0.1, 0.15) is 30.0 Å². The largest absolute Gasteiger partial charge is 0.360 e. The Balaban J connectivity index is 2.07. The van der Waals surface area contributed by atoms with Gasteiger partial charge < -0.3 is 14.7 Å². The van der Waals surface area contributed by atoms with Crippen LogP contribution in [0.3, 0.4) is 0 Å². The number of anilines is 1. The lowest BCUT2D eigenvalue weighted by Gasteiger charge is -2.26. The van der Waals surface area contributed by atoms with Gasteiger partial charge in [-0.25, -0.2) is 0 Å². The van der Waals surface area contributed by atoms with Crippen molar-refractivity contribution in [3.8, 4) is 0 Å². The Bertz CT molecular complexity index is 695. The molecule has 2 rings (SSSR count). The van der Waals surface area contributed by atoms with Crippen molar-refractivity contribution in [2.75, 3.05) is 11.9 Å². The summed E-state index contributed by atoms with van der Waals surface area (Å²) in [6.45, 7) is 5.35. The van der Waals surface area contributed by atoms with Crippen LogP contribution >= 0.6 is 11.6 Å². The number of halogens is 1. The van der Waals surface area contributed by atoms with Gasteiger partial charge in [0.15, 0.2) is 5.82 Å². The molecule has 0 spiro atoms. The van der Waals surface area contributed by atoms with Crippen molar-refractivity contribution < 1.29 is 14.1 Å². The molecule has 0 aliphatic carbocycles. The first-order valence-corrected chi connectivity index (χ1v) is 7.54. The number of carbonyl (C=O) groups is 2. The Labute approximate surface area is 139 Å². The van der Waals surface area contributed by atoms with E-state index >= 15 is 0 Å². The molecule has 2 amide bonds. The van der Waals surface area contributed by atoms with Gasteiger partial charge in [0.2, 0.25) is 5.91 Å². The zero-order valence-electron chi connectivity index (χ0n) is 13.2. The second kappa shape index (κ2) is 7.28. The molecule has 122 valence electrons. The molecule has 1 aromatic carbocycles. The summed E-state index contributed by atoms with van der Waals surface area (Å²) in [7, 11) is 0. The van der Waals surface area contributed by atoms with Gasteiger partial charge in [0.05, 0.1) is 0 Å². The number of amides is 2. The van der Waals surface area contributed by atoms with Gasteiger partial charge >= 0.3 is 0 Å². The van der Waals surface area contributed by atoms with E-state index in [4.69, 9.17) is 16.1 Å². The number of hydrogen-bond acceptors (Lipinski definition) is 4. The van der Waals surface area contributed by atoms with Crippen LogP contribution in [0.25, 0.3) is 0 Å². The first kappa shape index (κ1) is 17.0. The molecule has 1 N–H and O–H groups in total. The maximum absolute atomic E-state index is 12.6. The molecule has 0 unspecified atom stereocenters. The molecule has 0 saturated heterocycles. The Kier molecular flexibility index (Phi) is 5.39. The molecule has 0 bridgehead atoms. The van der Waals surface area contributed by atoms with Crippen molar-refractivity contribution in [2.45, 2.75) is 26.8 Å². The fourth-order valence-corrected chi connectivity index (χ4v) is 2.14. The average Bonchev–Trinajstić information content (AvgIpc) is 2.89. The summed E-state index contributed by atoms with van der Waals surface area (Å²) in [6, 6.07) is 8.04. The molecule has 6 nitrogen and oxygen atoms in total. The number of aryl methyl sites for hydroxylation is 1. The molecule has 1 aromatic heterocycles. The third-order valence-electron chi connectivity index (χ3n) is 3.18. The van der Waals surface area contributed by atoms with Crippen LogP contribution < -0.4 is 5.32 Å². The van der Waals surface area contributed by atoms with Crippen LogP contribution in [0.2, 0.25) is 5.02 Å². The second-order valence-electron chi connectivity index (χ2n) is 5.40. The van der Waals surface area contributed by atoms with Crippen molar-refractivity contribution in [1.82, 2.24) is 10.1 Å². The zero-order valence-corrected chi connectivity index (χ0v) is 13.9. The van der Waals surface area contributed by atoms with E-state index in [1.807, 2.05) is 13.8 Å². The lowest BCUT2D eigenvalue weighted by Crippen LogP contribution is -2.42. The van der Waals surface area contributed by atoms with Crippen molar-refractivity contribution in [3.63, 3.8) is 0 Å². The summed E-state index contributed by atoms with van der Waals surface area (Å²) in [5.74, 6) is 0.353. The van der Waals surface area contributed by atoms with Crippen LogP contribution in [-0.4, -0.2) is 34.5 Å². The minimum atomic E-state index is -0.339. The lowest BCUT2D eigenvalue weighted by atomic mass is 10.1. The Morgan fingerprint density at radius 3 is 2.48 bits per heavy atom. The van der Waals surface area contributed by atoms with Gasteiger partial charge in [0, 0.05) is 22.7 Å². The van der Waals surface area contributed by atoms with Crippen LogP contribution in [0.15, 0.2) is 34.9 Å². The summed E-state index contributed by atoms with van der Waals surface area (Å²) >= 11 is 5.83. The third kappa shape index (κ3) is 4.56. The van der Waals surface area contributed by atoms with Gasteiger partial charge in [0.1, 0.15) is 12.3 Å². The van der Waals surface area contributed by atoms with Crippen LogP contribution in [0, 0.1) is 6.92 Å². The van der Waals surface area contributed by atoms with E-state index in [1.54, 1.807) is 37.3 Å². The molecule has 1 heterocycles. The highest BCUT2D eigenvalue weighted by Gasteiger charge is 2.22. The highest BCUT2D eigenvalue weighted by Crippen LogP contribution is 2.14. The van der Waals surface area contributed by atoms with Gasteiger partial charge in [-0.05, 0) is 45.0 Å². The topological polar surface area (TPSA) is 75.4 Å². The number of nitrogens with zero attached hydrogens (tertiary/aromatic N) is 2. The van der Waals surface area contributed by atoms with E-state index in [0.717, 1.165) is 0 Å². The zero-order chi connectivity index (χ0) is 17.0. The number of benzene rings is 1. The van der Waals surface area contributed by atoms with E-state index < -0.39 is 0 Å². The summed E-state index contributed by atoms with van der Waals surface area (Å²) in [5, 5.41) is 6.85. The normalized spacial score (nSPS) is 10.7. The second-order valence-corrected chi connectivity index (χ2v) is 5.84. The lowest BCUT2D eigenvalue weighted by molar-refractivity contribution is -0.117. The van der Waals surface area contributed by atoms with Crippen LogP contribution in [0.5, 0.6) is 0 Å². The number of rotatable bonds is 5. The van der Waals surface area contributed by atoms with Crippen molar-refractivity contribution in [2.24, 2.45) is 0 Å². The van der Waals surface area contributed by atoms with E-state index in [9.17, 15) is 9.59 Å². The van der Waals surface area contributed by atoms with Crippen molar-refractivity contribution in [1.29, 1.82) is 0 Å². The Morgan fingerprint density at radius 1 is 1.30 bits per heavy atom. The highest BCUT2D eigenvalue weighted by molar-refractivity contribution is 6.30. The molecule has 7 heteroatoms. The standard InChI is InChI=1S/C16H18ClN3O3/c1-10(2)20(16(22)12-4-6-13(17)7-5-12)9-15(21)18-14-8-11(3)23-19-14/h4-8,10H,9H2,1-3H3,(H,18,19,21). The first-order valence-electron chi connectivity index (χ1n) is 7.16. The van der Waals surface area contributed by atoms with E-state index in [1.165, 1.54) is 4.90 Å². The van der Waals surface area contributed by atoms with E-state index in [2.05, 4.69) is 10.5 Å². The molecule has 0 radical (unpaired) electrons. The van der Waals surface area contributed by atoms with Crippen LogP contribution in [-0.2, 0) is 4.79 Å².